The highest BCUT2D eigenvalue weighted by molar-refractivity contribution is 6.02. The van der Waals surface area contributed by atoms with Crippen molar-refractivity contribution in [3.8, 4) is 11.5 Å². The van der Waals surface area contributed by atoms with Crippen molar-refractivity contribution in [2.45, 2.75) is 32.2 Å². The number of fused-ring (bicyclic) bond motifs is 1. The van der Waals surface area contributed by atoms with Gasteiger partial charge in [0.25, 0.3) is 5.91 Å². The van der Waals surface area contributed by atoms with E-state index in [4.69, 9.17) is 14.7 Å². The maximum absolute atomic E-state index is 13.0. The van der Waals surface area contributed by atoms with Crippen molar-refractivity contribution < 1.29 is 41.2 Å². The number of rotatable bonds is 7. The molecule has 182 valence electrons. The largest absolute Gasteiger partial charge is 1.00 e. The Kier molecular flexibility index (Phi) is 8.50. The zero-order valence-electron chi connectivity index (χ0n) is 19.4. The smallest absolute Gasteiger partial charge is 0.288 e. The number of carbonyl (C=O) groups is 2. The SMILES string of the molecule is COc1cc2c(cc1OC)C(=O)C(CC1CCN(C(=O)C[n+]3ccc(/C=N/O)cc3)CC1)C2.[Cl-]. The molecule has 1 aromatic carbocycles. The van der Waals surface area contributed by atoms with Gasteiger partial charge in [-0.2, -0.15) is 4.57 Å². The standard InChI is InChI=1S/C25H29N3O5.ClH/c1-32-22-13-19-12-20(25(30)21(19)14-23(22)33-2)11-17-5-9-28(10-6-17)24(29)16-27-7-3-18(4-8-27)15-26-31;/h3-4,7-8,13-15,17,20H,5-6,9-12,16H2,1-2H3;1H. The first-order valence-electron chi connectivity index (χ1n) is 11.3. The molecule has 2 aromatic rings. The molecule has 1 aliphatic heterocycles. The number of pyridine rings is 1. The van der Waals surface area contributed by atoms with Crippen LogP contribution in [-0.2, 0) is 17.8 Å². The summed E-state index contributed by atoms with van der Waals surface area (Å²) in [5.74, 6) is 1.95. The molecule has 0 radical (unpaired) electrons. The number of Topliss-reactive ketones (excluding diaryl/α,β-unsaturated/α-hetero) is 1. The monoisotopic (exact) mass is 487 g/mol. The van der Waals surface area contributed by atoms with Crippen LogP contribution in [0.15, 0.2) is 41.8 Å². The molecule has 1 N–H and O–H groups in total. The topological polar surface area (TPSA) is 92.3 Å². The number of likely N-dealkylation sites (tertiary alicyclic amines) is 1. The van der Waals surface area contributed by atoms with Gasteiger partial charge < -0.3 is 32.0 Å². The van der Waals surface area contributed by atoms with Gasteiger partial charge in [-0.1, -0.05) is 5.16 Å². The van der Waals surface area contributed by atoms with Gasteiger partial charge >= 0.3 is 0 Å². The van der Waals surface area contributed by atoms with Gasteiger partial charge in [0.2, 0.25) is 6.54 Å². The molecule has 34 heavy (non-hydrogen) atoms. The first kappa shape index (κ1) is 25.5. The van der Waals surface area contributed by atoms with E-state index in [0.717, 1.165) is 55.5 Å². The first-order chi connectivity index (χ1) is 16.0. The molecule has 1 saturated heterocycles. The molecule has 2 heterocycles. The number of carbonyl (C=O) groups excluding carboxylic acids is 2. The Morgan fingerprint density at radius 1 is 1.18 bits per heavy atom. The zero-order valence-corrected chi connectivity index (χ0v) is 20.2. The third kappa shape index (κ3) is 5.50. The second-order valence-corrected chi connectivity index (χ2v) is 8.74. The Balaban J connectivity index is 0.00000324. The Labute approximate surface area is 205 Å². The number of nitrogens with zero attached hydrogens (tertiary/aromatic N) is 3. The fourth-order valence-electron chi connectivity index (χ4n) is 4.89. The molecular formula is C25H30ClN3O5. The van der Waals surface area contributed by atoms with Crippen molar-refractivity contribution in [3.05, 3.63) is 53.3 Å². The summed E-state index contributed by atoms with van der Waals surface area (Å²) in [6, 6.07) is 7.31. The van der Waals surface area contributed by atoms with Crippen LogP contribution >= 0.6 is 0 Å². The van der Waals surface area contributed by atoms with E-state index < -0.39 is 0 Å². The second kappa shape index (κ2) is 11.3. The predicted octanol–water partition coefficient (Wildman–Crippen LogP) is -0.513. The summed E-state index contributed by atoms with van der Waals surface area (Å²) in [5.41, 5.74) is 2.55. The summed E-state index contributed by atoms with van der Waals surface area (Å²) >= 11 is 0. The normalized spacial score (nSPS) is 18.0. The lowest BCUT2D eigenvalue weighted by atomic mass is 9.85. The molecule has 0 spiro atoms. The Bertz CT molecular complexity index is 1050. The number of benzene rings is 1. The molecule has 9 heteroatoms. The second-order valence-electron chi connectivity index (χ2n) is 8.74. The summed E-state index contributed by atoms with van der Waals surface area (Å²) in [6.45, 7) is 1.71. The number of hydrogen-bond donors (Lipinski definition) is 1. The predicted molar refractivity (Wildman–Crippen MR) is 121 cm³/mol. The summed E-state index contributed by atoms with van der Waals surface area (Å²) in [7, 11) is 3.18. The fraction of sp³-hybridized carbons (Fsp3) is 0.440. The van der Waals surface area contributed by atoms with E-state index in [2.05, 4.69) is 5.16 Å². The van der Waals surface area contributed by atoms with E-state index in [0.29, 0.717) is 17.4 Å². The van der Waals surface area contributed by atoms with Crippen LogP contribution in [0.2, 0.25) is 0 Å². The van der Waals surface area contributed by atoms with Crippen molar-refractivity contribution in [2.75, 3.05) is 27.3 Å². The molecule has 2 aliphatic rings. The minimum absolute atomic E-state index is 0. The van der Waals surface area contributed by atoms with Crippen LogP contribution in [0.4, 0.5) is 0 Å². The van der Waals surface area contributed by atoms with Gasteiger partial charge in [-0.25, -0.2) is 0 Å². The molecule has 0 bridgehead atoms. The van der Waals surface area contributed by atoms with Gasteiger partial charge in [-0.15, -0.1) is 0 Å². The van der Waals surface area contributed by atoms with Crippen LogP contribution in [0, 0.1) is 11.8 Å². The van der Waals surface area contributed by atoms with Crippen molar-refractivity contribution in [1.29, 1.82) is 0 Å². The van der Waals surface area contributed by atoms with Gasteiger partial charge in [-0.05, 0) is 49.3 Å². The van der Waals surface area contributed by atoms with Crippen LogP contribution in [0.3, 0.4) is 0 Å². The van der Waals surface area contributed by atoms with Crippen molar-refractivity contribution in [3.63, 3.8) is 0 Å². The number of ether oxygens (including phenoxy) is 2. The lowest BCUT2D eigenvalue weighted by Crippen LogP contribution is -3.00. The molecule has 1 amide bonds. The lowest BCUT2D eigenvalue weighted by Gasteiger charge is -2.32. The number of piperidine rings is 1. The molecule has 4 rings (SSSR count). The molecule has 1 aromatic heterocycles. The molecule has 8 nitrogen and oxygen atoms in total. The average molecular weight is 488 g/mol. The van der Waals surface area contributed by atoms with Gasteiger partial charge in [0.05, 0.1) is 20.4 Å². The third-order valence-corrected chi connectivity index (χ3v) is 6.74. The Morgan fingerprint density at radius 3 is 2.44 bits per heavy atom. The summed E-state index contributed by atoms with van der Waals surface area (Å²) in [6.07, 6.45) is 8.36. The van der Waals surface area contributed by atoms with Gasteiger partial charge in [0.15, 0.2) is 29.7 Å². The van der Waals surface area contributed by atoms with Crippen molar-refractivity contribution in [1.82, 2.24) is 4.90 Å². The van der Waals surface area contributed by atoms with E-state index in [1.165, 1.54) is 6.21 Å². The van der Waals surface area contributed by atoms with E-state index in [1.54, 1.807) is 44.8 Å². The Morgan fingerprint density at radius 2 is 1.82 bits per heavy atom. The van der Waals surface area contributed by atoms with Crippen LogP contribution in [0.1, 0.15) is 40.7 Å². The number of amides is 1. The minimum Gasteiger partial charge on any atom is -1.00 e. The van der Waals surface area contributed by atoms with E-state index in [9.17, 15) is 9.59 Å². The third-order valence-electron chi connectivity index (χ3n) is 6.74. The lowest BCUT2D eigenvalue weighted by molar-refractivity contribution is -0.685. The summed E-state index contributed by atoms with van der Waals surface area (Å²) in [5, 5.41) is 11.6. The molecule has 1 atom stereocenters. The molecule has 1 fully saturated rings. The summed E-state index contributed by atoms with van der Waals surface area (Å²) in [4.78, 5) is 27.6. The first-order valence-corrected chi connectivity index (χ1v) is 11.3. The van der Waals surface area contributed by atoms with Gasteiger partial charge in [0.1, 0.15) is 0 Å². The van der Waals surface area contributed by atoms with Crippen LogP contribution in [-0.4, -0.2) is 55.3 Å². The van der Waals surface area contributed by atoms with Crippen LogP contribution < -0.4 is 26.4 Å². The summed E-state index contributed by atoms with van der Waals surface area (Å²) < 4.78 is 12.6. The van der Waals surface area contributed by atoms with Crippen molar-refractivity contribution in [2.24, 2.45) is 17.0 Å². The maximum atomic E-state index is 13.0. The number of hydrogen-bond acceptors (Lipinski definition) is 6. The highest BCUT2D eigenvalue weighted by atomic mass is 35.5. The van der Waals surface area contributed by atoms with Crippen LogP contribution in [0.25, 0.3) is 0 Å². The maximum Gasteiger partial charge on any atom is 0.288 e. The van der Waals surface area contributed by atoms with Crippen LogP contribution in [0.5, 0.6) is 11.5 Å². The van der Waals surface area contributed by atoms with Gasteiger partial charge in [0, 0.05) is 42.3 Å². The van der Waals surface area contributed by atoms with E-state index in [-0.39, 0.29) is 36.6 Å². The average Bonchev–Trinajstić information content (AvgIpc) is 3.14. The van der Waals surface area contributed by atoms with E-state index in [1.807, 2.05) is 15.5 Å². The minimum atomic E-state index is -0.0133. The molecule has 1 unspecified atom stereocenters. The number of ketones is 1. The molecule has 1 aliphatic carbocycles. The quantitative estimate of drug-likeness (QED) is 0.246. The highest BCUT2D eigenvalue weighted by Crippen LogP contribution is 2.39. The fourth-order valence-corrected chi connectivity index (χ4v) is 4.89. The molecular weight excluding hydrogens is 458 g/mol. The number of aromatic nitrogens is 1. The van der Waals surface area contributed by atoms with E-state index >= 15 is 0 Å². The number of oxime groups is 1. The number of methoxy groups -OCH3 is 2. The molecule has 0 saturated carbocycles. The zero-order chi connectivity index (χ0) is 23.4. The Hall–Kier alpha value is -3.13. The van der Waals surface area contributed by atoms with Gasteiger partial charge in [-0.3, -0.25) is 9.59 Å². The highest BCUT2D eigenvalue weighted by Gasteiger charge is 2.35. The van der Waals surface area contributed by atoms with Crippen molar-refractivity contribution >= 4 is 17.9 Å². The number of halogens is 1.